The van der Waals surface area contributed by atoms with Crippen molar-refractivity contribution in [2.45, 2.75) is 20.0 Å². The van der Waals surface area contributed by atoms with Crippen LogP contribution in [-0.4, -0.2) is 24.5 Å². The monoisotopic (exact) mass is 289 g/mol. The van der Waals surface area contributed by atoms with Gasteiger partial charge in [0.25, 0.3) is 5.91 Å². The van der Waals surface area contributed by atoms with Crippen LogP contribution in [0.5, 0.6) is 0 Å². The minimum atomic E-state index is -0.882. The molecule has 0 saturated heterocycles. The summed E-state index contributed by atoms with van der Waals surface area (Å²) >= 11 is 11.6. The first-order valence-corrected chi connectivity index (χ1v) is 6.15. The summed E-state index contributed by atoms with van der Waals surface area (Å²) in [6.45, 7) is 3.74. The Labute approximate surface area is 115 Å². The van der Waals surface area contributed by atoms with Gasteiger partial charge in [-0.15, -0.1) is 0 Å². The van der Waals surface area contributed by atoms with Gasteiger partial charge in [-0.3, -0.25) is 4.79 Å². The van der Waals surface area contributed by atoms with E-state index in [-0.39, 0.29) is 16.5 Å². The topological polar surface area (TPSA) is 55.4 Å². The highest BCUT2D eigenvalue weighted by molar-refractivity contribution is 6.35. The van der Waals surface area contributed by atoms with Gasteiger partial charge >= 0.3 is 5.97 Å². The standard InChI is InChI=1S/C12H13Cl2NO3/c1-3-15-11(16)7(2)18-12(17)9-6-8(13)4-5-10(9)14/h4-7H,3H2,1-2H3,(H,15,16)/t7-/m1/s1. The fourth-order valence-corrected chi connectivity index (χ4v) is 1.62. The van der Waals surface area contributed by atoms with Gasteiger partial charge in [0.2, 0.25) is 0 Å². The number of nitrogens with one attached hydrogen (secondary N) is 1. The molecular weight excluding hydrogens is 277 g/mol. The van der Waals surface area contributed by atoms with Crippen molar-refractivity contribution in [2.75, 3.05) is 6.54 Å². The van der Waals surface area contributed by atoms with E-state index < -0.39 is 12.1 Å². The number of hydrogen-bond donors (Lipinski definition) is 1. The Bertz CT molecular complexity index is 463. The fraction of sp³-hybridized carbons (Fsp3) is 0.333. The lowest BCUT2D eigenvalue weighted by Crippen LogP contribution is -2.35. The van der Waals surface area contributed by atoms with Crippen LogP contribution in [0, 0.1) is 0 Å². The number of rotatable bonds is 4. The molecule has 0 fully saturated rings. The van der Waals surface area contributed by atoms with Crippen LogP contribution in [0.2, 0.25) is 10.0 Å². The third-order valence-electron chi connectivity index (χ3n) is 2.15. The van der Waals surface area contributed by atoms with Crippen molar-refractivity contribution in [3.05, 3.63) is 33.8 Å². The van der Waals surface area contributed by atoms with E-state index in [9.17, 15) is 9.59 Å². The Morgan fingerprint density at radius 3 is 2.67 bits per heavy atom. The molecule has 0 aliphatic rings. The number of ether oxygens (including phenoxy) is 1. The van der Waals surface area contributed by atoms with Crippen molar-refractivity contribution >= 4 is 35.1 Å². The van der Waals surface area contributed by atoms with Gasteiger partial charge in [-0.2, -0.15) is 0 Å². The number of likely N-dealkylation sites (N-methyl/N-ethyl adjacent to an activating group) is 1. The third kappa shape index (κ3) is 3.89. The van der Waals surface area contributed by atoms with Gasteiger partial charge in [0, 0.05) is 11.6 Å². The number of halogens is 2. The third-order valence-corrected chi connectivity index (χ3v) is 2.72. The van der Waals surface area contributed by atoms with E-state index in [1.54, 1.807) is 13.0 Å². The molecule has 1 aromatic carbocycles. The van der Waals surface area contributed by atoms with Gasteiger partial charge in [-0.05, 0) is 32.0 Å². The second-order valence-electron chi connectivity index (χ2n) is 3.57. The summed E-state index contributed by atoms with van der Waals surface area (Å²) in [7, 11) is 0. The maximum atomic E-state index is 11.8. The quantitative estimate of drug-likeness (QED) is 0.867. The summed E-state index contributed by atoms with van der Waals surface area (Å²) in [5.74, 6) is -1.04. The average molecular weight is 290 g/mol. The van der Waals surface area contributed by atoms with Crippen LogP contribution in [0.25, 0.3) is 0 Å². The first kappa shape index (κ1) is 14.8. The first-order chi connectivity index (χ1) is 8.45. The van der Waals surface area contributed by atoms with E-state index in [0.29, 0.717) is 11.6 Å². The molecule has 1 N–H and O–H groups in total. The lowest BCUT2D eigenvalue weighted by molar-refractivity contribution is -0.128. The highest BCUT2D eigenvalue weighted by atomic mass is 35.5. The van der Waals surface area contributed by atoms with E-state index in [2.05, 4.69) is 5.32 Å². The molecule has 18 heavy (non-hydrogen) atoms. The van der Waals surface area contributed by atoms with Crippen molar-refractivity contribution < 1.29 is 14.3 Å². The van der Waals surface area contributed by atoms with Gasteiger partial charge in [-0.1, -0.05) is 23.2 Å². The molecule has 0 unspecified atom stereocenters. The molecule has 0 spiro atoms. The Hall–Kier alpha value is -1.26. The molecule has 98 valence electrons. The van der Waals surface area contributed by atoms with Crippen LogP contribution in [0.15, 0.2) is 18.2 Å². The predicted molar refractivity (Wildman–Crippen MR) is 70.0 cm³/mol. The number of amides is 1. The number of hydrogen-bond acceptors (Lipinski definition) is 3. The molecule has 6 heteroatoms. The van der Waals surface area contributed by atoms with Crippen LogP contribution >= 0.6 is 23.2 Å². The SMILES string of the molecule is CCNC(=O)[C@@H](C)OC(=O)c1cc(Cl)ccc1Cl. The molecule has 4 nitrogen and oxygen atoms in total. The highest BCUT2D eigenvalue weighted by Crippen LogP contribution is 2.21. The zero-order valence-corrected chi connectivity index (χ0v) is 11.5. The fourth-order valence-electron chi connectivity index (χ4n) is 1.25. The second kappa shape index (κ2) is 6.61. The van der Waals surface area contributed by atoms with E-state index in [0.717, 1.165) is 0 Å². The van der Waals surface area contributed by atoms with Gasteiger partial charge in [0.1, 0.15) is 0 Å². The molecule has 0 saturated carbocycles. The molecule has 0 aliphatic heterocycles. The van der Waals surface area contributed by atoms with Gasteiger partial charge < -0.3 is 10.1 Å². The molecule has 0 bridgehead atoms. The molecule has 0 aromatic heterocycles. The average Bonchev–Trinajstić information content (AvgIpc) is 2.32. The zero-order valence-electron chi connectivity index (χ0n) is 10.00. The summed E-state index contributed by atoms with van der Waals surface area (Å²) in [5.41, 5.74) is 0.139. The minimum absolute atomic E-state index is 0.139. The smallest absolute Gasteiger partial charge is 0.340 e. The van der Waals surface area contributed by atoms with Gasteiger partial charge in [0.05, 0.1) is 10.6 Å². The lowest BCUT2D eigenvalue weighted by Gasteiger charge is -2.13. The van der Waals surface area contributed by atoms with Gasteiger partial charge in [0.15, 0.2) is 6.10 Å². The molecule has 1 atom stereocenters. The molecule has 0 aliphatic carbocycles. The summed E-state index contributed by atoms with van der Waals surface area (Å²) in [5, 5.41) is 3.15. The maximum absolute atomic E-state index is 11.8. The van der Waals surface area contributed by atoms with E-state index >= 15 is 0 Å². The Kier molecular flexibility index (Phi) is 5.44. The highest BCUT2D eigenvalue weighted by Gasteiger charge is 2.20. The molecule has 1 aromatic rings. The predicted octanol–water partition coefficient (Wildman–Crippen LogP) is 2.67. The number of carbonyl (C=O) groups is 2. The van der Waals surface area contributed by atoms with Crippen LogP contribution in [0.3, 0.4) is 0 Å². The first-order valence-electron chi connectivity index (χ1n) is 5.39. The summed E-state index contributed by atoms with van der Waals surface area (Å²) < 4.78 is 4.99. The van der Waals surface area contributed by atoms with Crippen LogP contribution < -0.4 is 5.32 Å². The zero-order chi connectivity index (χ0) is 13.7. The minimum Gasteiger partial charge on any atom is -0.449 e. The van der Waals surface area contributed by atoms with Crippen molar-refractivity contribution in [1.82, 2.24) is 5.32 Å². The molecule has 1 rings (SSSR count). The van der Waals surface area contributed by atoms with Crippen molar-refractivity contribution in [3.63, 3.8) is 0 Å². The van der Waals surface area contributed by atoms with E-state index in [1.165, 1.54) is 19.1 Å². The Morgan fingerprint density at radius 2 is 2.06 bits per heavy atom. The van der Waals surface area contributed by atoms with E-state index in [4.69, 9.17) is 27.9 Å². The second-order valence-corrected chi connectivity index (χ2v) is 4.41. The Morgan fingerprint density at radius 1 is 1.39 bits per heavy atom. The van der Waals surface area contributed by atoms with Crippen LogP contribution in [0.4, 0.5) is 0 Å². The maximum Gasteiger partial charge on any atom is 0.340 e. The van der Waals surface area contributed by atoms with Crippen molar-refractivity contribution in [1.29, 1.82) is 0 Å². The molecular formula is C12H13Cl2NO3. The largest absolute Gasteiger partial charge is 0.449 e. The summed E-state index contributed by atoms with van der Waals surface area (Å²) in [4.78, 5) is 23.2. The normalized spacial score (nSPS) is 11.8. The van der Waals surface area contributed by atoms with Crippen molar-refractivity contribution in [3.8, 4) is 0 Å². The molecule has 1 amide bonds. The summed E-state index contributed by atoms with van der Waals surface area (Å²) in [6.07, 6.45) is -0.882. The van der Waals surface area contributed by atoms with E-state index in [1.807, 2.05) is 0 Å². The van der Waals surface area contributed by atoms with Gasteiger partial charge in [-0.25, -0.2) is 4.79 Å². The van der Waals surface area contributed by atoms with Crippen LogP contribution in [-0.2, 0) is 9.53 Å². The molecule has 0 heterocycles. The lowest BCUT2D eigenvalue weighted by atomic mass is 10.2. The molecule has 0 radical (unpaired) electrons. The summed E-state index contributed by atoms with van der Waals surface area (Å²) in [6, 6.07) is 4.46. The number of esters is 1. The number of benzene rings is 1. The number of carbonyl (C=O) groups excluding carboxylic acids is 2. The van der Waals surface area contributed by atoms with Crippen molar-refractivity contribution in [2.24, 2.45) is 0 Å². The Balaban J connectivity index is 2.76. The van der Waals surface area contributed by atoms with Crippen LogP contribution in [0.1, 0.15) is 24.2 Å².